The summed E-state index contributed by atoms with van der Waals surface area (Å²) in [5, 5.41) is 74.8. The van der Waals surface area contributed by atoms with E-state index in [2.05, 4.69) is 43.5 Å². The molecule has 67 heavy (non-hydrogen) atoms. The smallest absolute Gasteiger partial charge is 0.393 e. The van der Waals surface area contributed by atoms with E-state index in [1.54, 1.807) is 6.08 Å². The number of phosphoric acid groups is 1. The van der Waals surface area contributed by atoms with Gasteiger partial charge in [-0.1, -0.05) is 217 Å². The van der Waals surface area contributed by atoms with Gasteiger partial charge < -0.3 is 46.0 Å². The molecule has 1 aliphatic carbocycles. The number of carbonyl (C=O) groups excluding carboxylic acids is 1. The molecular weight excluding hydrogens is 874 g/mol. The van der Waals surface area contributed by atoms with Gasteiger partial charge in [-0.15, -0.1) is 0 Å². The molecule has 8 unspecified atom stereocenters. The number of amides is 1. The fourth-order valence-corrected chi connectivity index (χ4v) is 9.60. The molecule has 0 heterocycles. The van der Waals surface area contributed by atoms with Gasteiger partial charge >= 0.3 is 7.82 Å². The Kier molecular flexibility index (Phi) is 40.0. The molecule has 1 amide bonds. The molecule has 1 fully saturated rings. The fourth-order valence-electron chi connectivity index (χ4n) is 8.63. The van der Waals surface area contributed by atoms with Crippen LogP contribution in [0.2, 0.25) is 0 Å². The van der Waals surface area contributed by atoms with Crippen LogP contribution < -0.4 is 5.32 Å². The third-order valence-corrected chi connectivity index (χ3v) is 14.0. The zero-order chi connectivity index (χ0) is 49.4. The van der Waals surface area contributed by atoms with Crippen molar-refractivity contribution in [1.82, 2.24) is 5.32 Å². The van der Waals surface area contributed by atoms with Gasteiger partial charge in [-0.2, -0.15) is 0 Å². The van der Waals surface area contributed by atoms with Gasteiger partial charge in [0.2, 0.25) is 5.91 Å². The van der Waals surface area contributed by atoms with Crippen LogP contribution in [0.4, 0.5) is 0 Å². The lowest BCUT2D eigenvalue weighted by Crippen LogP contribution is -2.64. The predicted octanol–water partition coefficient (Wildman–Crippen LogP) is 10.5. The average Bonchev–Trinajstić information content (AvgIpc) is 3.30. The van der Waals surface area contributed by atoms with Crippen molar-refractivity contribution in [1.29, 1.82) is 0 Å². The lowest BCUT2D eigenvalue weighted by Gasteiger charge is -2.41. The van der Waals surface area contributed by atoms with E-state index >= 15 is 0 Å². The maximum Gasteiger partial charge on any atom is 0.472 e. The molecule has 13 nitrogen and oxygen atoms in total. The lowest BCUT2D eigenvalue weighted by molar-refractivity contribution is -0.220. The largest absolute Gasteiger partial charge is 0.472 e. The summed E-state index contributed by atoms with van der Waals surface area (Å²) in [5.74, 6) is -0.592. The van der Waals surface area contributed by atoms with Gasteiger partial charge in [0, 0.05) is 0 Å². The van der Waals surface area contributed by atoms with E-state index in [-0.39, 0.29) is 6.42 Å². The van der Waals surface area contributed by atoms with Gasteiger partial charge in [0.1, 0.15) is 36.6 Å². The summed E-state index contributed by atoms with van der Waals surface area (Å²) in [4.78, 5) is 23.5. The number of aliphatic hydroxyl groups is 7. The summed E-state index contributed by atoms with van der Waals surface area (Å²) in [6, 6.07) is -1.24. The molecule has 1 saturated carbocycles. The number of allylic oxidation sites excluding steroid dienone is 5. The second-order valence-electron chi connectivity index (χ2n) is 19.2. The molecule has 0 aromatic rings. The maximum atomic E-state index is 13.1. The Morgan fingerprint density at radius 1 is 0.552 bits per heavy atom. The average molecular weight is 974 g/mol. The number of nitrogens with one attached hydrogen (secondary N) is 1. The number of aliphatic hydroxyl groups excluding tert-OH is 7. The van der Waals surface area contributed by atoms with E-state index in [1.807, 2.05) is 0 Å². The standard InChI is InChI=1S/C53H100NO12P/c1-3-5-7-9-11-13-15-17-19-21-23-24-26-28-30-32-34-36-38-40-44(55)42-47(57)54-45(43-65-67(63,64)66-53-51(61)49(59)48(58)50(60)52(53)62)46(56)41-39-37-35-33-31-29-27-25-22-20-18-16-14-12-10-8-6-4-2/h5,7,11,13,39,41,44-46,48-53,55-56,58-62H,3-4,6,8-10,12,14-38,40,42-43H2,1-2H3,(H,54,57)(H,63,64)/b7-5-,13-11-,41-39+. The Morgan fingerprint density at radius 2 is 0.955 bits per heavy atom. The Hall–Kier alpha value is -1.48. The first kappa shape index (κ1) is 63.5. The summed E-state index contributed by atoms with van der Waals surface area (Å²) in [7, 11) is -5.15. The molecule has 0 aromatic carbocycles. The lowest BCUT2D eigenvalue weighted by atomic mass is 9.85. The molecule has 9 N–H and O–H groups in total. The minimum Gasteiger partial charge on any atom is -0.393 e. The first-order chi connectivity index (χ1) is 32.3. The second-order valence-corrected chi connectivity index (χ2v) is 20.6. The normalized spacial score (nSPS) is 22.5. The minimum atomic E-state index is -5.15. The summed E-state index contributed by atoms with van der Waals surface area (Å²) >= 11 is 0. The van der Waals surface area contributed by atoms with Crippen LogP contribution in [0.3, 0.4) is 0 Å². The van der Waals surface area contributed by atoms with Crippen molar-refractivity contribution in [3.63, 3.8) is 0 Å². The van der Waals surface area contributed by atoms with E-state index in [4.69, 9.17) is 9.05 Å². The summed E-state index contributed by atoms with van der Waals surface area (Å²) in [6.45, 7) is 3.67. The highest BCUT2D eigenvalue weighted by Gasteiger charge is 2.51. The highest BCUT2D eigenvalue weighted by atomic mass is 31.2. The third-order valence-electron chi connectivity index (χ3n) is 13.0. The van der Waals surface area contributed by atoms with Crippen LogP contribution in [0, 0.1) is 0 Å². The topological polar surface area (TPSA) is 226 Å². The van der Waals surface area contributed by atoms with E-state index < -0.39 is 75.2 Å². The van der Waals surface area contributed by atoms with Gasteiger partial charge in [0.25, 0.3) is 0 Å². The quantitative estimate of drug-likeness (QED) is 0.0158. The molecule has 14 heteroatoms. The van der Waals surface area contributed by atoms with Gasteiger partial charge in [-0.25, -0.2) is 4.57 Å². The van der Waals surface area contributed by atoms with Crippen LogP contribution in [0.25, 0.3) is 0 Å². The van der Waals surface area contributed by atoms with Gasteiger partial charge in [-0.3, -0.25) is 13.8 Å². The summed E-state index contributed by atoms with van der Waals surface area (Å²) < 4.78 is 23.0. The number of unbranched alkanes of at least 4 members (excludes halogenated alkanes) is 28. The number of carbonyl (C=O) groups is 1. The predicted molar refractivity (Wildman–Crippen MR) is 270 cm³/mol. The number of rotatable bonds is 45. The first-order valence-corrected chi connectivity index (χ1v) is 28.5. The Bertz CT molecular complexity index is 1290. The maximum absolute atomic E-state index is 13.1. The highest BCUT2D eigenvalue weighted by molar-refractivity contribution is 7.47. The number of hydrogen-bond acceptors (Lipinski definition) is 11. The van der Waals surface area contributed by atoms with E-state index in [1.165, 1.54) is 147 Å². The van der Waals surface area contributed by atoms with Crippen LogP contribution in [0.5, 0.6) is 0 Å². The van der Waals surface area contributed by atoms with Gasteiger partial charge in [0.15, 0.2) is 0 Å². The van der Waals surface area contributed by atoms with E-state index in [0.29, 0.717) is 12.8 Å². The van der Waals surface area contributed by atoms with Crippen molar-refractivity contribution in [2.75, 3.05) is 6.61 Å². The molecule has 8 atom stereocenters. The van der Waals surface area contributed by atoms with E-state index in [9.17, 15) is 50.0 Å². The van der Waals surface area contributed by atoms with Crippen molar-refractivity contribution in [3.05, 3.63) is 36.5 Å². The van der Waals surface area contributed by atoms with Crippen molar-refractivity contribution in [2.24, 2.45) is 0 Å². The van der Waals surface area contributed by atoms with Crippen LogP contribution in [-0.4, -0.2) is 108 Å². The molecular formula is C53H100NO12P. The highest BCUT2D eigenvalue weighted by Crippen LogP contribution is 2.47. The monoisotopic (exact) mass is 974 g/mol. The van der Waals surface area contributed by atoms with Crippen molar-refractivity contribution in [2.45, 2.75) is 287 Å². The van der Waals surface area contributed by atoms with Gasteiger partial charge in [0.05, 0.1) is 31.3 Å². The van der Waals surface area contributed by atoms with E-state index in [0.717, 1.165) is 57.8 Å². The minimum absolute atomic E-state index is 0.245. The van der Waals surface area contributed by atoms with Crippen LogP contribution in [0.15, 0.2) is 36.5 Å². The second kappa shape index (κ2) is 42.2. The molecule has 394 valence electrons. The molecule has 1 aliphatic rings. The molecule has 0 saturated heterocycles. The molecule has 0 aromatic heterocycles. The summed E-state index contributed by atoms with van der Waals surface area (Å²) in [6.07, 6.45) is 36.5. The SMILES string of the molecule is CC/C=C\C/C=C\CCCCCCCCCCCCCCC(O)CC(=O)NC(COP(=O)(O)OC1C(O)C(O)C(O)C(O)C1O)C(O)/C=C/CCCCCCCCCCCCCCCCCC. The Labute approximate surface area is 406 Å². The van der Waals surface area contributed by atoms with Crippen molar-refractivity contribution < 1.29 is 59.0 Å². The molecule has 0 spiro atoms. The van der Waals surface area contributed by atoms with Crippen molar-refractivity contribution >= 4 is 13.7 Å². The van der Waals surface area contributed by atoms with Gasteiger partial charge in [-0.05, 0) is 44.9 Å². The molecule has 0 aliphatic heterocycles. The molecule has 1 rings (SSSR count). The van der Waals surface area contributed by atoms with Crippen LogP contribution in [0.1, 0.15) is 232 Å². The van der Waals surface area contributed by atoms with Crippen LogP contribution in [-0.2, 0) is 18.4 Å². The van der Waals surface area contributed by atoms with Crippen molar-refractivity contribution in [3.8, 4) is 0 Å². The summed E-state index contributed by atoms with van der Waals surface area (Å²) in [5.41, 5.74) is 0. The zero-order valence-electron chi connectivity index (χ0n) is 42.1. The van der Waals surface area contributed by atoms with Crippen LogP contribution >= 0.6 is 7.82 Å². The Balaban J connectivity index is 2.45. The number of hydrogen-bond donors (Lipinski definition) is 9. The number of phosphoric ester groups is 1. The first-order valence-electron chi connectivity index (χ1n) is 27.0. The third kappa shape index (κ3) is 33.7. The molecule has 0 bridgehead atoms. The fraction of sp³-hybridized carbons (Fsp3) is 0.868. The molecule has 0 radical (unpaired) electrons. The Morgan fingerprint density at radius 3 is 1.42 bits per heavy atom. The zero-order valence-corrected chi connectivity index (χ0v) is 43.0.